The van der Waals surface area contributed by atoms with Gasteiger partial charge in [-0.1, -0.05) is 12.1 Å². The second kappa shape index (κ2) is 6.11. The van der Waals surface area contributed by atoms with E-state index in [1.807, 2.05) is 0 Å². The summed E-state index contributed by atoms with van der Waals surface area (Å²) in [4.78, 5) is 21.9. The van der Waals surface area contributed by atoms with Crippen LogP contribution in [0.25, 0.3) is 0 Å². The summed E-state index contributed by atoms with van der Waals surface area (Å²) < 4.78 is 0. The van der Waals surface area contributed by atoms with Gasteiger partial charge in [-0.15, -0.1) is 0 Å². The molecular weight excluding hydrogens is 236 g/mol. The molecule has 1 amide bonds. The minimum atomic E-state index is -0.619. The first-order chi connectivity index (χ1) is 8.41. The first-order valence-electron chi connectivity index (χ1n) is 5.62. The molecule has 1 aromatic rings. The first kappa shape index (κ1) is 14.1. The van der Waals surface area contributed by atoms with E-state index in [1.54, 1.807) is 26.0 Å². The molecule has 6 nitrogen and oxygen atoms in total. The summed E-state index contributed by atoms with van der Waals surface area (Å²) in [6, 6.07) is 5.97. The standard InChI is InChI=1S/C12H16N2O4/c1-8(15)7-13-12(16)9(2)10-4-3-5-11(6-10)14(17)18/h3-6,8-9,15H,7H2,1-2H3,(H,13,16). The van der Waals surface area contributed by atoms with Crippen molar-refractivity contribution in [3.05, 3.63) is 39.9 Å². The number of non-ortho nitro benzene ring substituents is 1. The molecule has 98 valence electrons. The van der Waals surface area contributed by atoms with E-state index in [2.05, 4.69) is 5.32 Å². The number of nitrogens with zero attached hydrogens (tertiary/aromatic N) is 1. The number of nitro groups is 1. The molecule has 2 N–H and O–H groups in total. The van der Waals surface area contributed by atoms with Gasteiger partial charge in [0, 0.05) is 18.7 Å². The molecule has 18 heavy (non-hydrogen) atoms. The lowest BCUT2D eigenvalue weighted by Gasteiger charge is -2.13. The van der Waals surface area contributed by atoms with Crippen molar-refractivity contribution in [2.24, 2.45) is 0 Å². The molecule has 0 fully saturated rings. The smallest absolute Gasteiger partial charge is 0.269 e. The van der Waals surface area contributed by atoms with Crippen molar-refractivity contribution >= 4 is 11.6 Å². The quantitative estimate of drug-likeness (QED) is 0.608. The Bertz CT molecular complexity index is 445. The highest BCUT2D eigenvalue weighted by molar-refractivity contribution is 5.83. The summed E-state index contributed by atoms with van der Waals surface area (Å²) in [5.41, 5.74) is 0.537. The number of nitrogens with one attached hydrogen (secondary N) is 1. The average molecular weight is 252 g/mol. The third-order valence-corrected chi connectivity index (χ3v) is 2.55. The van der Waals surface area contributed by atoms with Crippen LogP contribution >= 0.6 is 0 Å². The van der Waals surface area contributed by atoms with Crippen molar-refractivity contribution in [2.45, 2.75) is 25.9 Å². The zero-order chi connectivity index (χ0) is 13.7. The topological polar surface area (TPSA) is 92.5 Å². The normalized spacial score (nSPS) is 13.7. The maximum atomic E-state index is 11.7. The lowest BCUT2D eigenvalue weighted by atomic mass is 10.00. The first-order valence-corrected chi connectivity index (χ1v) is 5.62. The van der Waals surface area contributed by atoms with Crippen molar-refractivity contribution in [1.29, 1.82) is 0 Å². The number of carbonyl (C=O) groups excluding carboxylic acids is 1. The van der Waals surface area contributed by atoms with Gasteiger partial charge in [-0.05, 0) is 19.4 Å². The van der Waals surface area contributed by atoms with Crippen molar-refractivity contribution in [2.75, 3.05) is 6.54 Å². The third-order valence-electron chi connectivity index (χ3n) is 2.55. The van der Waals surface area contributed by atoms with Gasteiger partial charge in [0.25, 0.3) is 5.69 Å². The second-order valence-electron chi connectivity index (χ2n) is 4.17. The van der Waals surface area contributed by atoms with Crippen LogP contribution in [0.15, 0.2) is 24.3 Å². The molecule has 0 radical (unpaired) electrons. The number of hydrogen-bond donors (Lipinski definition) is 2. The fourth-order valence-electron chi connectivity index (χ4n) is 1.46. The Morgan fingerprint density at radius 1 is 1.50 bits per heavy atom. The zero-order valence-corrected chi connectivity index (χ0v) is 10.3. The molecular formula is C12H16N2O4. The van der Waals surface area contributed by atoms with E-state index >= 15 is 0 Å². The van der Waals surface area contributed by atoms with Gasteiger partial charge in [0.2, 0.25) is 5.91 Å². The summed E-state index contributed by atoms with van der Waals surface area (Å²) in [6.07, 6.45) is -0.619. The van der Waals surface area contributed by atoms with Crippen molar-refractivity contribution in [3.63, 3.8) is 0 Å². The number of aliphatic hydroxyl groups excluding tert-OH is 1. The summed E-state index contributed by atoms with van der Waals surface area (Å²) in [7, 11) is 0. The van der Waals surface area contributed by atoms with Crippen LogP contribution in [0.1, 0.15) is 25.3 Å². The molecule has 1 rings (SSSR count). The predicted octanol–water partition coefficient (Wildman–Crippen LogP) is 1.20. The number of aliphatic hydroxyl groups is 1. The Morgan fingerprint density at radius 3 is 2.72 bits per heavy atom. The fraction of sp³-hybridized carbons (Fsp3) is 0.417. The van der Waals surface area contributed by atoms with Gasteiger partial charge in [0.15, 0.2) is 0 Å². The zero-order valence-electron chi connectivity index (χ0n) is 10.3. The van der Waals surface area contributed by atoms with E-state index in [0.717, 1.165) is 0 Å². The van der Waals surface area contributed by atoms with Crippen LogP contribution < -0.4 is 5.32 Å². The molecule has 2 atom stereocenters. The molecule has 2 unspecified atom stereocenters. The van der Waals surface area contributed by atoms with E-state index in [-0.39, 0.29) is 18.1 Å². The maximum absolute atomic E-state index is 11.7. The molecule has 0 aliphatic carbocycles. The highest BCUT2D eigenvalue weighted by Crippen LogP contribution is 2.20. The largest absolute Gasteiger partial charge is 0.392 e. The van der Waals surface area contributed by atoms with Gasteiger partial charge in [0.1, 0.15) is 0 Å². The monoisotopic (exact) mass is 252 g/mol. The molecule has 0 bridgehead atoms. The number of nitro benzene ring substituents is 1. The van der Waals surface area contributed by atoms with Crippen LogP contribution in [0.4, 0.5) is 5.69 Å². The van der Waals surface area contributed by atoms with E-state index in [0.29, 0.717) is 5.56 Å². The molecule has 0 heterocycles. The Kier molecular flexibility index (Phi) is 4.79. The number of carbonyl (C=O) groups is 1. The van der Waals surface area contributed by atoms with Gasteiger partial charge in [-0.3, -0.25) is 14.9 Å². The second-order valence-corrected chi connectivity index (χ2v) is 4.17. The molecule has 0 saturated carbocycles. The molecule has 0 aliphatic rings. The number of benzene rings is 1. The number of amides is 1. The van der Waals surface area contributed by atoms with Gasteiger partial charge in [-0.25, -0.2) is 0 Å². The molecule has 0 spiro atoms. The van der Waals surface area contributed by atoms with Gasteiger partial charge < -0.3 is 10.4 Å². The summed E-state index contributed by atoms with van der Waals surface area (Å²) in [5.74, 6) is -0.764. The van der Waals surface area contributed by atoms with Gasteiger partial charge in [0.05, 0.1) is 16.9 Å². The number of hydrogen-bond acceptors (Lipinski definition) is 4. The van der Waals surface area contributed by atoms with E-state index in [9.17, 15) is 14.9 Å². The Labute approximate surface area is 105 Å². The predicted molar refractivity (Wildman–Crippen MR) is 66.2 cm³/mol. The highest BCUT2D eigenvalue weighted by Gasteiger charge is 2.17. The van der Waals surface area contributed by atoms with Crippen LogP contribution in [0, 0.1) is 10.1 Å². The van der Waals surface area contributed by atoms with E-state index in [4.69, 9.17) is 5.11 Å². The fourth-order valence-corrected chi connectivity index (χ4v) is 1.46. The molecule has 0 aromatic heterocycles. The average Bonchev–Trinajstić information content (AvgIpc) is 2.35. The van der Waals surface area contributed by atoms with Crippen molar-refractivity contribution < 1.29 is 14.8 Å². The minimum Gasteiger partial charge on any atom is -0.392 e. The van der Waals surface area contributed by atoms with E-state index < -0.39 is 16.9 Å². The SMILES string of the molecule is CC(O)CNC(=O)C(C)c1cccc([N+](=O)[O-])c1. The highest BCUT2D eigenvalue weighted by atomic mass is 16.6. The molecule has 1 aromatic carbocycles. The van der Waals surface area contributed by atoms with Crippen LogP contribution in [0.2, 0.25) is 0 Å². The van der Waals surface area contributed by atoms with Gasteiger partial charge in [-0.2, -0.15) is 0 Å². The Balaban J connectivity index is 2.77. The van der Waals surface area contributed by atoms with Crippen LogP contribution in [0.5, 0.6) is 0 Å². The summed E-state index contributed by atoms with van der Waals surface area (Å²) in [5, 5.41) is 22.3. The van der Waals surface area contributed by atoms with Crippen molar-refractivity contribution in [3.8, 4) is 0 Å². The maximum Gasteiger partial charge on any atom is 0.269 e. The lowest BCUT2D eigenvalue weighted by Crippen LogP contribution is -2.33. The lowest BCUT2D eigenvalue weighted by molar-refractivity contribution is -0.384. The van der Waals surface area contributed by atoms with Crippen molar-refractivity contribution in [1.82, 2.24) is 5.32 Å². The summed E-state index contributed by atoms with van der Waals surface area (Å²) in [6.45, 7) is 3.40. The molecule has 6 heteroatoms. The Hall–Kier alpha value is -1.95. The van der Waals surface area contributed by atoms with Gasteiger partial charge >= 0.3 is 0 Å². The number of rotatable bonds is 5. The van der Waals surface area contributed by atoms with E-state index in [1.165, 1.54) is 12.1 Å². The van der Waals surface area contributed by atoms with Crippen LogP contribution in [0.3, 0.4) is 0 Å². The Morgan fingerprint density at radius 2 is 2.17 bits per heavy atom. The molecule has 0 aliphatic heterocycles. The van der Waals surface area contributed by atoms with Crippen LogP contribution in [-0.2, 0) is 4.79 Å². The minimum absolute atomic E-state index is 0.0392. The summed E-state index contributed by atoms with van der Waals surface area (Å²) >= 11 is 0. The molecule has 0 saturated heterocycles. The van der Waals surface area contributed by atoms with Crippen LogP contribution in [-0.4, -0.2) is 28.6 Å². The third kappa shape index (κ3) is 3.81.